The molecule has 0 saturated heterocycles. The van der Waals surface area contributed by atoms with Crippen LogP contribution < -0.4 is 5.73 Å². The van der Waals surface area contributed by atoms with Crippen molar-refractivity contribution < 1.29 is 14.7 Å². The SMILES string of the molecule is CC(C)(C)c1c(Br)c(C(N)=O)c(C2C3CC4CC(C3)CC2C4)n1C(=O)O. The van der Waals surface area contributed by atoms with Crippen molar-refractivity contribution in [3.63, 3.8) is 0 Å². The number of aromatic nitrogens is 1. The number of primary amides is 1. The third-order valence-corrected chi connectivity index (χ3v) is 7.61. The number of rotatable bonds is 2. The van der Waals surface area contributed by atoms with E-state index < -0.39 is 17.4 Å². The van der Waals surface area contributed by atoms with Crippen LogP contribution in [0.5, 0.6) is 0 Å². The average molecular weight is 423 g/mol. The fourth-order valence-corrected chi connectivity index (χ4v) is 7.52. The van der Waals surface area contributed by atoms with Crippen LogP contribution in [0, 0.1) is 23.7 Å². The van der Waals surface area contributed by atoms with Gasteiger partial charge in [0.25, 0.3) is 5.91 Å². The molecule has 1 amide bonds. The van der Waals surface area contributed by atoms with Crippen molar-refractivity contribution in [2.24, 2.45) is 29.4 Å². The first-order valence-corrected chi connectivity index (χ1v) is 10.4. The molecule has 4 aliphatic carbocycles. The minimum Gasteiger partial charge on any atom is -0.464 e. The van der Waals surface area contributed by atoms with Gasteiger partial charge in [0.15, 0.2) is 0 Å². The topological polar surface area (TPSA) is 85.3 Å². The van der Waals surface area contributed by atoms with Crippen molar-refractivity contribution in [2.45, 2.75) is 64.2 Å². The minimum absolute atomic E-state index is 0.119. The van der Waals surface area contributed by atoms with Gasteiger partial charge in [-0.1, -0.05) is 20.8 Å². The van der Waals surface area contributed by atoms with E-state index in [0.29, 0.717) is 33.3 Å². The van der Waals surface area contributed by atoms with Gasteiger partial charge >= 0.3 is 6.09 Å². The van der Waals surface area contributed by atoms with Crippen LogP contribution in [0.3, 0.4) is 0 Å². The van der Waals surface area contributed by atoms with Gasteiger partial charge in [-0.15, -0.1) is 0 Å². The Morgan fingerprint density at radius 1 is 1.08 bits per heavy atom. The van der Waals surface area contributed by atoms with E-state index in [2.05, 4.69) is 15.9 Å². The van der Waals surface area contributed by atoms with Crippen LogP contribution in [0.4, 0.5) is 4.79 Å². The van der Waals surface area contributed by atoms with Crippen LogP contribution in [0.1, 0.15) is 80.5 Å². The molecule has 4 bridgehead atoms. The number of amides is 1. The number of nitrogens with zero attached hydrogens (tertiary/aromatic N) is 1. The van der Waals surface area contributed by atoms with Crippen molar-refractivity contribution >= 4 is 27.9 Å². The maximum atomic E-state index is 12.4. The highest BCUT2D eigenvalue weighted by atomic mass is 79.9. The summed E-state index contributed by atoms with van der Waals surface area (Å²) in [5, 5.41) is 10.1. The Kier molecular flexibility index (Phi) is 4.07. The van der Waals surface area contributed by atoms with Gasteiger partial charge in [0.2, 0.25) is 0 Å². The van der Waals surface area contributed by atoms with E-state index in [0.717, 1.165) is 37.5 Å². The molecule has 0 aliphatic heterocycles. The van der Waals surface area contributed by atoms with Crippen LogP contribution in [0.25, 0.3) is 0 Å². The van der Waals surface area contributed by atoms with Crippen molar-refractivity contribution in [1.29, 1.82) is 0 Å². The summed E-state index contributed by atoms with van der Waals surface area (Å²) in [6.45, 7) is 5.91. The molecule has 142 valence electrons. The van der Waals surface area contributed by atoms with E-state index in [9.17, 15) is 14.7 Å². The first-order chi connectivity index (χ1) is 12.1. The molecule has 4 fully saturated rings. The Morgan fingerprint density at radius 3 is 1.96 bits per heavy atom. The number of nitrogens with two attached hydrogens (primary N) is 1. The smallest absolute Gasteiger partial charge is 0.416 e. The van der Waals surface area contributed by atoms with Crippen LogP contribution in [-0.2, 0) is 5.41 Å². The molecular formula is C20H27BrN2O3. The zero-order valence-corrected chi connectivity index (χ0v) is 17.2. The quantitative estimate of drug-likeness (QED) is 0.722. The van der Waals surface area contributed by atoms with E-state index >= 15 is 0 Å². The summed E-state index contributed by atoms with van der Waals surface area (Å²) in [5.41, 5.74) is 6.99. The Morgan fingerprint density at radius 2 is 1.58 bits per heavy atom. The minimum atomic E-state index is -1.02. The Hall–Kier alpha value is -1.30. The summed E-state index contributed by atoms with van der Waals surface area (Å²) in [7, 11) is 0. The number of carbonyl (C=O) groups excluding carboxylic acids is 1. The van der Waals surface area contributed by atoms with Crippen molar-refractivity contribution in [3.8, 4) is 0 Å². The van der Waals surface area contributed by atoms with Gasteiger partial charge in [-0.25, -0.2) is 4.79 Å². The first kappa shape index (κ1) is 18.1. The molecule has 4 saturated carbocycles. The fourth-order valence-electron chi connectivity index (χ4n) is 6.35. The summed E-state index contributed by atoms with van der Waals surface area (Å²) in [6, 6.07) is 0. The lowest BCUT2D eigenvalue weighted by Crippen LogP contribution is -2.45. The highest BCUT2D eigenvalue weighted by molar-refractivity contribution is 9.10. The molecule has 5 nitrogen and oxygen atoms in total. The highest BCUT2D eigenvalue weighted by Crippen LogP contribution is 2.61. The number of hydrogen-bond donors (Lipinski definition) is 2. The third kappa shape index (κ3) is 2.55. The lowest BCUT2D eigenvalue weighted by atomic mass is 9.51. The number of carbonyl (C=O) groups is 2. The predicted molar refractivity (Wildman–Crippen MR) is 103 cm³/mol. The second-order valence-electron chi connectivity index (χ2n) is 9.61. The molecule has 5 rings (SSSR count). The molecule has 0 spiro atoms. The van der Waals surface area contributed by atoms with Gasteiger partial charge in [-0.3, -0.25) is 9.36 Å². The molecule has 0 aromatic carbocycles. The normalized spacial score (nSPS) is 32.8. The maximum absolute atomic E-state index is 12.4. The summed E-state index contributed by atoms with van der Waals surface area (Å²) >= 11 is 3.54. The third-order valence-electron chi connectivity index (χ3n) is 6.84. The molecular weight excluding hydrogens is 396 g/mol. The predicted octanol–water partition coefficient (Wildman–Crippen LogP) is 4.71. The van der Waals surface area contributed by atoms with Gasteiger partial charge in [0.05, 0.1) is 10.0 Å². The standard InChI is InChI=1S/C20H27BrN2O3/c1-20(2,3)17-15(21)14(18(22)24)16(23(17)19(25)26)13-11-5-9-4-10(7-11)8-12(13)6-9/h9-13H,4-8H2,1-3H3,(H2,22,24)(H,25,26). The average Bonchev–Trinajstić information content (AvgIpc) is 2.79. The van der Waals surface area contributed by atoms with E-state index in [1.165, 1.54) is 11.0 Å². The monoisotopic (exact) mass is 422 g/mol. The Labute approximate surface area is 162 Å². The molecule has 1 aromatic rings. The van der Waals surface area contributed by atoms with Crippen molar-refractivity contribution in [3.05, 3.63) is 21.4 Å². The second kappa shape index (κ2) is 5.85. The van der Waals surface area contributed by atoms with E-state index in [-0.39, 0.29) is 5.92 Å². The molecule has 1 aromatic heterocycles. The molecule has 0 atom stereocenters. The fraction of sp³-hybridized carbons (Fsp3) is 0.700. The highest BCUT2D eigenvalue weighted by Gasteiger charge is 2.51. The van der Waals surface area contributed by atoms with Gasteiger partial charge in [0, 0.05) is 22.7 Å². The summed E-state index contributed by atoms with van der Waals surface area (Å²) in [4.78, 5) is 24.7. The second-order valence-corrected chi connectivity index (χ2v) is 10.4. The van der Waals surface area contributed by atoms with Crippen LogP contribution in [0.2, 0.25) is 0 Å². The first-order valence-electron chi connectivity index (χ1n) is 9.57. The largest absolute Gasteiger partial charge is 0.464 e. The van der Waals surface area contributed by atoms with Gasteiger partial charge in [-0.2, -0.15) is 0 Å². The molecule has 6 heteroatoms. The molecule has 4 aliphatic rings. The molecule has 26 heavy (non-hydrogen) atoms. The maximum Gasteiger partial charge on any atom is 0.416 e. The van der Waals surface area contributed by atoms with Crippen molar-refractivity contribution in [1.82, 2.24) is 4.57 Å². The summed E-state index contributed by atoms with van der Waals surface area (Å²) in [6.07, 6.45) is 4.93. The van der Waals surface area contributed by atoms with E-state index in [1.54, 1.807) is 0 Å². The number of hydrogen-bond acceptors (Lipinski definition) is 2. The Balaban J connectivity index is 1.96. The Bertz CT molecular complexity index is 762. The van der Waals surface area contributed by atoms with E-state index in [4.69, 9.17) is 5.73 Å². The number of halogens is 1. The van der Waals surface area contributed by atoms with Gasteiger partial charge in [0.1, 0.15) is 0 Å². The molecule has 0 radical (unpaired) electrons. The summed E-state index contributed by atoms with van der Waals surface area (Å²) < 4.78 is 1.95. The lowest BCUT2D eigenvalue weighted by molar-refractivity contribution is -0.00522. The summed E-state index contributed by atoms with van der Waals surface area (Å²) in [5.74, 6) is 2.09. The van der Waals surface area contributed by atoms with Crippen LogP contribution in [-0.4, -0.2) is 21.7 Å². The number of carboxylic acid groups (broad SMARTS) is 1. The molecule has 1 heterocycles. The zero-order valence-electron chi connectivity index (χ0n) is 15.6. The van der Waals surface area contributed by atoms with Crippen LogP contribution in [0.15, 0.2) is 4.47 Å². The van der Waals surface area contributed by atoms with Crippen LogP contribution >= 0.6 is 15.9 Å². The zero-order chi connectivity index (χ0) is 19.0. The van der Waals surface area contributed by atoms with Gasteiger partial charge in [-0.05, 0) is 71.7 Å². The molecule has 3 N–H and O–H groups in total. The van der Waals surface area contributed by atoms with Gasteiger partial charge < -0.3 is 10.8 Å². The lowest BCUT2D eigenvalue weighted by Gasteiger charge is -2.54. The van der Waals surface area contributed by atoms with Crippen molar-refractivity contribution in [2.75, 3.05) is 0 Å². The molecule has 0 unspecified atom stereocenters. The van der Waals surface area contributed by atoms with E-state index in [1.807, 2.05) is 20.8 Å².